The number of aryl methyl sites for hydroxylation is 1. The van der Waals surface area contributed by atoms with E-state index in [1.54, 1.807) is 6.07 Å². The highest BCUT2D eigenvalue weighted by Gasteiger charge is 2.32. The molecule has 0 bridgehead atoms. The highest BCUT2D eigenvalue weighted by Crippen LogP contribution is 2.27. The molecule has 1 aromatic heterocycles. The van der Waals surface area contributed by atoms with Crippen molar-refractivity contribution in [3.05, 3.63) is 17.5 Å². The molecule has 0 radical (unpaired) electrons. The lowest BCUT2D eigenvalue weighted by molar-refractivity contribution is 0.0716. The zero-order chi connectivity index (χ0) is 12.5. The number of carbonyl (C=O) groups excluding carboxylic acids is 1. The molecule has 18 heavy (non-hydrogen) atoms. The first-order valence-electron chi connectivity index (χ1n) is 6.67. The van der Waals surface area contributed by atoms with Crippen molar-refractivity contribution in [2.45, 2.75) is 19.8 Å². The Morgan fingerprint density at radius 3 is 2.61 bits per heavy atom. The molecule has 1 N–H and O–H groups in total. The minimum atomic E-state index is -0.0106. The van der Waals surface area contributed by atoms with Crippen LogP contribution in [0.4, 0.5) is 0 Å². The number of nitrogens with one attached hydrogen (secondary N) is 1. The minimum Gasteiger partial charge on any atom is -0.351 e. The maximum atomic E-state index is 12.3. The van der Waals surface area contributed by atoms with Gasteiger partial charge in [0.15, 0.2) is 0 Å². The Morgan fingerprint density at radius 2 is 2.06 bits per heavy atom. The van der Waals surface area contributed by atoms with Gasteiger partial charge >= 0.3 is 0 Å². The third-order valence-electron chi connectivity index (χ3n) is 4.15. The quantitative estimate of drug-likeness (QED) is 0.808. The van der Waals surface area contributed by atoms with E-state index < -0.39 is 0 Å². The number of nitrogens with zero attached hydrogens (tertiary/aromatic N) is 2. The van der Waals surface area contributed by atoms with E-state index in [0.717, 1.165) is 56.6 Å². The largest absolute Gasteiger partial charge is 0.351 e. The SMILES string of the molecule is Cc1cc(C(=O)N2CC[C@@H]3CNC[C@@H]3CC2)on1. The zero-order valence-corrected chi connectivity index (χ0v) is 10.7. The molecule has 1 amide bonds. The molecule has 0 unspecified atom stereocenters. The molecule has 2 fully saturated rings. The van der Waals surface area contributed by atoms with E-state index in [1.807, 2.05) is 11.8 Å². The second-order valence-corrected chi connectivity index (χ2v) is 5.38. The molecule has 3 heterocycles. The van der Waals surface area contributed by atoms with Gasteiger partial charge in [0.1, 0.15) is 0 Å². The van der Waals surface area contributed by atoms with Crippen LogP contribution in [0, 0.1) is 18.8 Å². The van der Waals surface area contributed by atoms with E-state index in [-0.39, 0.29) is 5.91 Å². The maximum Gasteiger partial charge on any atom is 0.292 e. The second kappa shape index (κ2) is 4.72. The Hall–Kier alpha value is -1.36. The zero-order valence-electron chi connectivity index (χ0n) is 10.7. The molecule has 2 aliphatic heterocycles. The minimum absolute atomic E-state index is 0.0106. The number of amides is 1. The maximum absolute atomic E-state index is 12.3. The van der Waals surface area contributed by atoms with Crippen LogP contribution >= 0.6 is 0 Å². The van der Waals surface area contributed by atoms with Gasteiger partial charge in [-0.3, -0.25) is 4.79 Å². The Bertz CT molecular complexity index is 429. The summed E-state index contributed by atoms with van der Waals surface area (Å²) in [5, 5.41) is 7.22. The van der Waals surface area contributed by atoms with Crippen LogP contribution in [0.1, 0.15) is 29.1 Å². The van der Waals surface area contributed by atoms with Crippen LogP contribution in [-0.2, 0) is 0 Å². The number of carbonyl (C=O) groups is 1. The molecule has 0 aliphatic carbocycles. The van der Waals surface area contributed by atoms with Crippen LogP contribution in [0.15, 0.2) is 10.6 Å². The van der Waals surface area contributed by atoms with Gasteiger partial charge in [-0.2, -0.15) is 0 Å². The standard InChI is InChI=1S/C13H19N3O2/c1-9-6-12(18-15-9)13(17)16-4-2-10-7-14-8-11(10)3-5-16/h6,10-11,14H,2-5,7-8H2,1H3/t10-,11+. The fraction of sp³-hybridized carbons (Fsp3) is 0.692. The summed E-state index contributed by atoms with van der Waals surface area (Å²) < 4.78 is 5.06. The first kappa shape index (κ1) is 11.7. The molecule has 0 aromatic carbocycles. The van der Waals surface area contributed by atoms with Gasteiger partial charge in [0, 0.05) is 19.2 Å². The lowest BCUT2D eigenvalue weighted by Gasteiger charge is -2.19. The Morgan fingerprint density at radius 1 is 1.39 bits per heavy atom. The van der Waals surface area contributed by atoms with Crippen molar-refractivity contribution < 1.29 is 9.32 Å². The summed E-state index contributed by atoms with van der Waals surface area (Å²) in [5.41, 5.74) is 0.759. The predicted molar refractivity (Wildman–Crippen MR) is 66.2 cm³/mol. The lowest BCUT2D eigenvalue weighted by atomic mass is 9.92. The third-order valence-corrected chi connectivity index (χ3v) is 4.15. The lowest BCUT2D eigenvalue weighted by Crippen LogP contribution is -2.32. The van der Waals surface area contributed by atoms with E-state index in [0.29, 0.717) is 5.76 Å². The van der Waals surface area contributed by atoms with Crippen LogP contribution in [0.5, 0.6) is 0 Å². The second-order valence-electron chi connectivity index (χ2n) is 5.38. The molecule has 2 aliphatic rings. The summed E-state index contributed by atoms with van der Waals surface area (Å²) in [5.74, 6) is 1.83. The summed E-state index contributed by atoms with van der Waals surface area (Å²) in [6.07, 6.45) is 2.19. The van der Waals surface area contributed by atoms with Crippen molar-refractivity contribution in [1.82, 2.24) is 15.4 Å². The number of hydrogen-bond acceptors (Lipinski definition) is 4. The Balaban J connectivity index is 1.68. The molecule has 0 saturated carbocycles. The Labute approximate surface area is 107 Å². The fourth-order valence-corrected chi connectivity index (χ4v) is 3.04. The number of rotatable bonds is 1. The van der Waals surface area contributed by atoms with Crippen molar-refractivity contribution in [3.63, 3.8) is 0 Å². The molecule has 5 heteroatoms. The van der Waals surface area contributed by atoms with Crippen LogP contribution in [0.2, 0.25) is 0 Å². The number of likely N-dealkylation sites (tertiary alicyclic amines) is 1. The van der Waals surface area contributed by atoms with E-state index in [9.17, 15) is 4.79 Å². The van der Waals surface area contributed by atoms with E-state index in [1.165, 1.54) is 0 Å². The highest BCUT2D eigenvalue weighted by molar-refractivity contribution is 5.91. The first-order valence-corrected chi connectivity index (χ1v) is 6.67. The molecule has 1 aromatic rings. The average molecular weight is 249 g/mol. The van der Waals surface area contributed by atoms with Crippen molar-refractivity contribution in [1.29, 1.82) is 0 Å². The molecular weight excluding hydrogens is 230 g/mol. The van der Waals surface area contributed by atoms with Crippen molar-refractivity contribution in [2.75, 3.05) is 26.2 Å². The van der Waals surface area contributed by atoms with Gasteiger partial charge < -0.3 is 14.7 Å². The number of aromatic nitrogens is 1. The fourth-order valence-electron chi connectivity index (χ4n) is 3.04. The highest BCUT2D eigenvalue weighted by atomic mass is 16.5. The summed E-state index contributed by atoms with van der Waals surface area (Å²) in [4.78, 5) is 14.2. The van der Waals surface area contributed by atoms with Gasteiger partial charge in [0.2, 0.25) is 5.76 Å². The van der Waals surface area contributed by atoms with Crippen molar-refractivity contribution in [3.8, 4) is 0 Å². The monoisotopic (exact) mass is 249 g/mol. The van der Waals surface area contributed by atoms with Gasteiger partial charge in [-0.15, -0.1) is 0 Å². The normalized spacial score (nSPS) is 27.9. The predicted octanol–water partition coefficient (Wildman–Crippen LogP) is 1.05. The topological polar surface area (TPSA) is 58.4 Å². The van der Waals surface area contributed by atoms with Crippen LogP contribution < -0.4 is 5.32 Å². The van der Waals surface area contributed by atoms with E-state index >= 15 is 0 Å². The summed E-state index contributed by atoms with van der Waals surface area (Å²) in [7, 11) is 0. The molecule has 2 atom stereocenters. The number of hydrogen-bond donors (Lipinski definition) is 1. The van der Waals surface area contributed by atoms with E-state index in [4.69, 9.17) is 4.52 Å². The molecule has 2 saturated heterocycles. The molecule has 0 spiro atoms. The van der Waals surface area contributed by atoms with Crippen LogP contribution in [-0.4, -0.2) is 42.1 Å². The summed E-state index contributed by atoms with van der Waals surface area (Å²) >= 11 is 0. The van der Waals surface area contributed by atoms with Gasteiger partial charge in [-0.05, 0) is 44.7 Å². The van der Waals surface area contributed by atoms with Gasteiger partial charge in [0.25, 0.3) is 5.91 Å². The molecule has 3 rings (SSSR count). The molecular formula is C13H19N3O2. The van der Waals surface area contributed by atoms with Gasteiger partial charge in [-0.25, -0.2) is 0 Å². The van der Waals surface area contributed by atoms with Gasteiger partial charge in [0.05, 0.1) is 5.69 Å². The van der Waals surface area contributed by atoms with Crippen molar-refractivity contribution >= 4 is 5.91 Å². The third kappa shape index (κ3) is 2.14. The van der Waals surface area contributed by atoms with Crippen LogP contribution in [0.25, 0.3) is 0 Å². The Kier molecular flexibility index (Phi) is 3.07. The van der Waals surface area contributed by atoms with Crippen molar-refractivity contribution in [2.24, 2.45) is 11.8 Å². The molecule has 98 valence electrons. The molecule has 5 nitrogen and oxygen atoms in total. The smallest absolute Gasteiger partial charge is 0.292 e. The average Bonchev–Trinajstić information content (AvgIpc) is 2.94. The first-order chi connectivity index (χ1) is 8.74. The summed E-state index contributed by atoms with van der Waals surface area (Å²) in [6, 6.07) is 1.72. The number of fused-ring (bicyclic) bond motifs is 1. The van der Waals surface area contributed by atoms with Gasteiger partial charge in [-0.1, -0.05) is 5.16 Å². The summed E-state index contributed by atoms with van der Waals surface area (Å²) in [6.45, 7) is 5.71. The van der Waals surface area contributed by atoms with Crippen LogP contribution in [0.3, 0.4) is 0 Å². The van der Waals surface area contributed by atoms with E-state index in [2.05, 4.69) is 10.5 Å².